The normalized spacial score (nSPS) is 12.0. The van der Waals surface area contributed by atoms with Crippen molar-refractivity contribution in [1.29, 1.82) is 0 Å². The molecule has 0 fully saturated rings. The molecule has 30 heavy (non-hydrogen) atoms. The molecule has 0 spiro atoms. The van der Waals surface area contributed by atoms with E-state index in [1.165, 1.54) is 0 Å². The monoisotopic (exact) mass is 440 g/mol. The third-order valence-corrected chi connectivity index (χ3v) is 5.90. The molecule has 1 aromatic heterocycles. The van der Waals surface area contributed by atoms with Crippen LogP contribution in [-0.2, 0) is 12.3 Å². The van der Waals surface area contributed by atoms with Crippen LogP contribution >= 0.6 is 23.4 Å². The SMILES string of the molecule is C=CCn1c(SCc2ccc(Cl)cc2)nnc1[C@H](NC(=O)c1ccccc1)C(C)C. The van der Waals surface area contributed by atoms with E-state index < -0.39 is 0 Å². The molecule has 0 bridgehead atoms. The van der Waals surface area contributed by atoms with Gasteiger partial charge in [0.2, 0.25) is 0 Å². The minimum absolute atomic E-state index is 0.127. The summed E-state index contributed by atoms with van der Waals surface area (Å²) in [4.78, 5) is 12.7. The molecule has 0 aliphatic heterocycles. The van der Waals surface area contributed by atoms with E-state index in [9.17, 15) is 4.79 Å². The lowest BCUT2D eigenvalue weighted by Crippen LogP contribution is -2.33. The second kappa shape index (κ2) is 10.5. The fourth-order valence-electron chi connectivity index (χ4n) is 3.01. The minimum atomic E-state index is -0.268. The third kappa shape index (κ3) is 5.52. The Hall–Kier alpha value is -2.57. The number of aromatic nitrogens is 3. The van der Waals surface area contributed by atoms with E-state index in [2.05, 4.69) is 35.9 Å². The second-order valence-corrected chi connectivity index (χ2v) is 8.60. The first-order chi connectivity index (χ1) is 14.5. The highest BCUT2D eigenvalue weighted by molar-refractivity contribution is 7.98. The van der Waals surface area contributed by atoms with E-state index in [-0.39, 0.29) is 17.9 Å². The van der Waals surface area contributed by atoms with Crippen LogP contribution in [0.3, 0.4) is 0 Å². The number of hydrogen-bond acceptors (Lipinski definition) is 4. The fraction of sp³-hybridized carbons (Fsp3) is 0.261. The van der Waals surface area contributed by atoms with Crippen LogP contribution in [0.15, 0.2) is 72.4 Å². The number of hydrogen-bond donors (Lipinski definition) is 1. The van der Waals surface area contributed by atoms with Crippen LogP contribution in [0.25, 0.3) is 0 Å². The highest BCUT2D eigenvalue weighted by Crippen LogP contribution is 2.27. The fourth-order valence-corrected chi connectivity index (χ4v) is 4.05. The first kappa shape index (κ1) is 22.1. The predicted octanol–water partition coefficient (Wildman–Crippen LogP) is 5.54. The van der Waals surface area contributed by atoms with Crippen molar-refractivity contribution >= 4 is 29.3 Å². The molecule has 0 unspecified atom stereocenters. The smallest absolute Gasteiger partial charge is 0.251 e. The Morgan fingerprint density at radius 1 is 1.17 bits per heavy atom. The number of rotatable bonds is 9. The van der Waals surface area contributed by atoms with E-state index in [1.807, 2.05) is 53.1 Å². The zero-order valence-corrected chi connectivity index (χ0v) is 18.7. The van der Waals surface area contributed by atoms with Crippen LogP contribution in [0.2, 0.25) is 5.02 Å². The van der Waals surface area contributed by atoms with E-state index >= 15 is 0 Å². The van der Waals surface area contributed by atoms with Crippen LogP contribution in [-0.4, -0.2) is 20.7 Å². The molecular weight excluding hydrogens is 416 g/mol. The van der Waals surface area contributed by atoms with Crippen molar-refractivity contribution in [3.05, 3.63) is 89.2 Å². The minimum Gasteiger partial charge on any atom is -0.342 e. The van der Waals surface area contributed by atoms with Crippen molar-refractivity contribution in [2.24, 2.45) is 5.92 Å². The number of nitrogens with zero attached hydrogens (tertiary/aromatic N) is 3. The van der Waals surface area contributed by atoms with Crippen molar-refractivity contribution in [2.45, 2.75) is 37.3 Å². The van der Waals surface area contributed by atoms with Crippen LogP contribution in [0.1, 0.15) is 41.6 Å². The number of halogens is 1. The Balaban J connectivity index is 1.82. The summed E-state index contributed by atoms with van der Waals surface area (Å²) >= 11 is 7.57. The summed E-state index contributed by atoms with van der Waals surface area (Å²) in [5, 5.41) is 13.5. The number of allylic oxidation sites excluding steroid dienone is 1. The van der Waals surface area contributed by atoms with Gasteiger partial charge in [-0.15, -0.1) is 16.8 Å². The van der Waals surface area contributed by atoms with Crippen LogP contribution in [0, 0.1) is 5.92 Å². The van der Waals surface area contributed by atoms with Crippen molar-refractivity contribution in [3.63, 3.8) is 0 Å². The first-order valence-electron chi connectivity index (χ1n) is 9.76. The molecule has 0 aliphatic rings. The molecule has 1 heterocycles. The number of nitrogens with one attached hydrogen (secondary N) is 1. The van der Waals surface area contributed by atoms with Gasteiger partial charge in [-0.25, -0.2) is 0 Å². The summed E-state index contributed by atoms with van der Waals surface area (Å²) in [6.07, 6.45) is 1.82. The second-order valence-electron chi connectivity index (χ2n) is 7.22. The third-order valence-electron chi connectivity index (χ3n) is 4.61. The summed E-state index contributed by atoms with van der Waals surface area (Å²) in [7, 11) is 0. The molecule has 1 amide bonds. The van der Waals surface area contributed by atoms with Gasteiger partial charge in [0.1, 0.15) is 0 Å². The molecule has 1 atom stereocenters. The van der Waals surface area contributed by atoms with Gasteiger partial charge in [0.25, 0.3) is 5.91 Å². The van der Waals surface area contributed by atoms with Gasteiger partial charge in [-0.05, 0) is 35.7 Å². The van der Waals surface area contributed by atoms with Gasteiger partial charge in [-0.2, -0.15) is 0 Å². The Bertz CT molecular complexity index is 986. The lowest BCUT2D eigenvalue weighted by molar-refractivity contribution is 0.0922. The summed E-state index contributed by atoms with van der Waals surface area (Å²) in [6.45, 7) is 8.55. The molecule has 0 aliphatic carbocycles. The van der Waals surface area contributed by atoms with Gasteiger partial charge in [0.05, 0.1) is 6.04 Å². The number of carbonyl (C=O) groups is 1. The van der Waals surface area contributed by atoms with Crippen molar-refractivity contribution < 1.29 is 4.79 Å². The summed E-state index contributed by atoms with van der Waals surface area (Å²) in [5.74, 6) is 1.49. The van der Waals surface area contributed by atoms with Gasteiger partial charge in [0.15, 0.2) is 11.0 Å². The molecule has 1 N–H and O–H groups in total. The standard InChI is InChI=1S/C23H25ClN4OS/c1-4-14-28-21(20(16(2)3)25-22(29)18-8-6-5-7-9-18)26-27-23(28)30-15-17-10-12-19(24)13-11-17/h4-13,16,20H,1,14-15H2,2-3H3,(H,25,29)/t20-/m1/s1. The number of thioether (sulfide) groups is 1. The van der Waals surface area contributed by atoms with Gasteiger partial charge < -0.3 is 9.88 Å². The van der Waals surface area contributed by atoms with Crippen molar-refractivity contribution in [3.8, 4) is 0 Å². The average Bonchev–Trinajstić information content (AvgIpc) is 3.14. The molecule has 2 aromatic carbocycles. The topological polar surface area (TPSA) is 59.8 Å². The van der Waals surface area contributed by atoms with Crippen LogP contribution in [0.4, 0.5) is 0 Å². The summed E-state index contributed by atoms with van der Waals surface area (Å²) < 4.78 is 2.02. The maximum atomic E-state index is 12.7. The van der Waals surface area contributed by atoms with Gasteiger partial charge in [-0.1, -0.05) is 73.6 Å². The number of carbonyl (C=O) groups excluding carboxylic acids is 1. The molecular formula is C23H25ClN4OS. The van der Waals surface area contributed by atoms with E-state index in [0.29, 0.717) is 12.1 Å². The zero-order chi connectivity index (χ0) is 21.5. The Morgan fingerprint density at radius 2 is 1.87 bits per heavy atom. The maximum absolute atomic E-state index is 12.7. The van der Waals surface area contributed by atoms with Gasteiger partial charge >= 0.3 is 0 Å². The van der Waals surface area contributed by atoms with Crippen molar-refractivity contribution in [2.75, 3.05) is 0 Å². The maximum Gasteiger partial charge on any atom is 0.251 e. The number of benzene rings is 2. The molecule has 3 aromatic rings. The molecule has 0 saturated carbocycles. The lowest BCUT2D eigenvalue weighted by Gasteiger charge is -2.22. The lowest BCUT2D eigenvalue weighted by atomic mass is 10.0. The molecule has 0 saturated heterocycles. The molecule has 156 valence electrons. The zero-order valence-electron chi connectivity index (χ0n) is 17.1. The Kier molecular flexibility index (Phi) is 7.71. The Morgan fingerprint density at radius 3 is 2.50 bits per heavy atom. The van der Waals surface area contributed by atoms with E-state index in [1.54, 1.807) is 23.9 Å². The quantitative estimate of drug-likeness (QED) is 0.350. The molecule has 5 nitrogen and oxygen atoms in total. The highest BCUT2D eigenvalue weighted by atomic mass is 35.5. The largest absolute Gasteiger partial charge is 0.342 e. The first-order valence-corrected chi connectivity index (χ1v) is 11.1. The van der Waals surface area contributed by atoms with E-state index in [0.717, 1.165) is 27.3 Å². The Labute approximate surface area is 186 Å². The number of amides is 1. The van der Waals surface area contributed by atoms with E-state index in [4.69, 9.17) is 11.6 Å². The van der Waals surface area contributed by atoms with Gasteiger partial charge in [0, 0.05) is 22.9 Å². The van der Waals surface area contributed by atoms with Crippen LogP contribution < -0.4 is 5.32 Å². The molecule has 0 radical (unpaired) electrons. The predicted molar refractivity (Wildman–Crippen MR) is 123 cm³/mol. The average molecular weight is 441 g/mol. The summed E-state index contributed by atoms with van der Waals surface area (Å²) in [6, 6.07) is 16.7. The summed E-state index contributed by atoms with van der Waals surface area (Å²) in [5.41, 5.74) is 1.77. The van der Waals surface area contributed by atoms with Crippen molar-refractivity contribution in [1.82, 2.24) is 20.1 Å². The molecule has 3 rings (SSSR count). The highest BCUT2D eigenvalue weighted by Gasteiger charge is 2.26. The molecule has 7 heteroatoms. The van der Waals surface area contributed by atoms with Gasteiger partial charge in [-0.3, -0.25) is 4.79 Å². The van der Waals surface area contributed by atoms with Crippen LogP contribution in [0.5, 0.6) is 0 Å².